The molecule has 0 saturated heterocycles. The third-order valence-corrected chi connectivity index (χ3v) is 3.01. The first-order valence-corrected chi connectivity index (χ1v) is 5.74. The highest BCUT2D eigenvalue weighted by Crippen LogP contribution is 2.21. The van der Waals surface area contributed by atoms with Crippen LogP contribution in [-0.4, -0.2) is 15.9 Å². The lowest BCUT2D eigenvalue weighted by atomic mass is 10.3. The first kappa shape index (κ1) is 11.0. The Morgan fingerprint density at radius 2 is 2.12 bits per heavy atom. The second kappa shape index (κ2) is 5.05. The number of rotatable bonds is 3. The van der Waals surface area contributed by atoms with Crippen molar-refractivity contribution in [2.24, 2.45) is 0 Å². The predicted octanol–water partition coefficient (Wildman–Crippen LogP) is 2.37. The summed E-state index contributed by atoms with van der Waals surface area (Å²) in [6, 6.07) is 5.29. The van der Waals surface area contributed by atoms with Gasteiger partial charge in [-0.15, -0.1) is 11.3 Å². The van der Waals surface area contributed by atoms with Crippen LogP contribution in [0.4, 0.5) is 5.95 Å². The maximum absolute atomic E-state index is 11.6. The molecule has 16 heavy (non-hydrogen) atoms. The van der Waals surface area contributed by atoms with Gasteiger partial charge in [0.05, 0.1) is 10.8 Å². The molecule has 2 aromatic rings. The first-order valence-electron chi connectivity index (χ1n) is 4.55. The summed E-state index contributed by atoms with van der Waals surface area (Å²) in [6.07, 6.45) is 3.44. The number of nitrogens with one attached hydrogen (secondary N) is 1. The molecule has 0 aliphatic carbocycles. The molecule has 1 amide bonds. The van der Waals surface area contributed by atoms with E-state index in [0.717, 1.165) is 4.88 Å². The summed E-state index contributed by atoms with van der Waals surface area (Å²) in [5.41, 5.74) is 0. The van der Waals surface area contributed by atoms with Crippen molar-refractivity contribution < 1.29 is 4.79 Å². The number of hydrogen-bond donors (Lipinski definition) is 1. The Bertz CT molecular complexity index is 486. The number of carbonyl (C=O) groups excluding carboxylic acids is 1. The average molecular weight is 254 g/mol. The van der Waals surface area contributed by atoms with Crippen LogP contribution in [0.15, 0.2) is 30.6 Å². The van der Waals surface area contributed by atoms with Crippen molar-refractivity contribution >= 4 is 34.8 Å². The van der Waals surface area contributed by atoms with Gasteiger partial charge < -0.3 is 0 Å². The molecule has 2 rings (SSSR count). The minimum absolute atomic E-state index is 0.148. The number of carbonyl (C=O) groups is 1. The summed E-state index contributed by atoms with van der Waals surface area (Å²) in [4.78, 5) is 20.3. The summed E-state index contributed by atoms with van der Waals surface area (Å²) >= 11 is 7.16. The molecule has 0 aromatic carbocycles. The van der Waals surface area contributed by atoms with Gasteiger partial charge in [-0.25, -0.2) is 9.97 Å². The highest BCUT2D eigenvalue weighted by Gasteiger charge is 2.07. The molecule has 1 N–H and O–H groups in total. The summed E-state index contributed by atoms with van der Waals surface area (Å²) in [7, 11) is 0. The summed E-state index contributed by atoms with van der Waals surface area (Å²) in [5.74, 6) is 0.167. The summed E-state index contributed by atoms with van der Waals surface area (Å²) in [6.45, 7) is 0. The molecule has 0 unspecified atom stereocenters. The molecule has 2 aromatic heterocycles. The van der Waals surface area contributed by atoms with Gasteiger partial charge in [-0.05, 0) is 18.2 Å². The number of anilines is 1. The summed E-state index contributed by atoms with van der Waals surface area (Å²) in [5, 5.41) is 2.60. The maximum atomic E-state index is 11.6. The van der Waals surface area contributed by atoms with Crippen LogP contribution in [-0.2, 0) is 11.2 Å². The Morgan fingerprint density at radius 3 is 2.75 bits per heavy atom. The topological polar surface area (TPSA) is 54.9 Å². The average Bonchev–Trinajstić information content (AvgIpc) is 2.65. The lowest BCUT2D eigenvalue weighted by Crippen LogP contribution is -2.15. The first-order chi connectivity index (χ1) is 7.74. The fourth-order valence-corrected chi connectivity index (χ4v) is 2.22. The Kier molecular flexibility index (Phi) is 3.48. The van der Waals surface area contributed by atoms with Crippen LogP contribution >= 0.6 is 22.9 Å². The van der Waals surface area contributed by atoms with Gasteiger partial charge in [0.25, 0.3) is 0 Å². The van der Waals surface area contributed by atoms with Gasteiger partial charge in [0.15, 0.2) is 0 Å². The molecule has 0 spiro atoms. The van der Waals surface area contributed by atoms with Crippen molar-refractivity contribution in [1.29, 1.82) is 0 Å². The molecule has 0 aliphatic heterocycles. The molecule has 0 bridgehead atoms. The van der Waals surface area contributed by atoms with E-state index in [2.05, 4.69) is 15.3 Å². The Balaban J connectivity index is 1.95. The fraction of sp³-hybridized carbons (Fsp3) is 0.100. The standard InChI is InChI=1S/C10H8ClN3OS/c11-8-3-2-7(16-8)6-9(15)14-10-12-4-1-5-13-10/h1-5H,6H2,(H,12,13,14,15). The van der Waals surface area contributed by atoms with Crippen molar-refractivity contribution in [3.8, 4) is 0 Å². The van der Waals surface area contributed by atoms with E-state index in [4.69, 9.17) is 11.6 Å². The molecular formula is C10H8ClN3OS. The monoisotopic (exact) mass is 253 g/mol. The largest absolute Gasteiger partial charge is 0.294 e. The van der Waals surface area contributed by atoms with E-state index in [9.17, 15) is 4.79 Å². The van der Waals surface area contributed by atoms with Gasteiger partial charge in [0.1, 0.15) is 0 Å². The van der Waals surface area contributed by atoms with Gasteiger partial charge in [-0.3, -0.25) is 10.1 Å². The van der Waals surface area contributed by atoms with Crippen LogP contribution in [0.2, 0.25) is 4.34 Å². The van der Waals surface area contributed by atoms with Crippen molar-refractivity contribution in [3.63, 3.8) is 0 Å². The summed E-state index contributed by atoms with van der Waals surface area (Å²) < 4.78 is 0.679. The van der Waals surface area contributed by atoms with Gasteiger partial charge in [0.2, 0.25) is 11.9 Å². The lowest BCUT2D eigenvalue weighted by molar-refractivity contribution is -0.115. The maximum Gasteiger partial charge on any atom is 0.231 e. The zero-order valence-electron chi connectivity index (χ0n) is 8.18. The van der Waals surface area contributed by atoms with E-state index < -0.39 is 0 Å². The van der Waals surface area contributed by atoms with Crippen molar-refractivity contribution in [2.75, 3.05) is 5.32 Å². The fourth-order valence-electron chi connectivity index (χ4n) is 1.14. The molecular weight excluding hydrogens is 246 g/mol. The Hall–Kier alpha value is -1.46. The van der Waals surface area contributed by atoms with E-state index in [1.807, 2.05) is 6.07 Å². The van der Waals surface area contributed by atoms with Gasteiger partial charge in [-0.2, -0.15) is 0 Å². The number of nitrogens with zero attached hydrogens (tertiary/aromatic N) is 2. The molecule has 2 heterocycles. The van der Waals surface area contributed by atoms with Crippen molar-refractivity contribution in [1.82, 2.24) is 9.97 Å². The second-order valence-electron chi connectivity index (χ2n) is 3.00. The molecule has 0 aliphatic rings. The quantitative estimate of drug-likeness (QED) is 0.914. The van der Waals surface area contributed by atoms with Crippen LogP contribution in [0.3, 0.4) is 0 Å². The van der Waals surface area contributed by atoms with E-state index >= 15 is 0 Å². The van der Waals surface area contributed by atoms with Gasteiger partial charge in [-0.1, -0.05) is 11.6 Å². The molecule has 6 heteroatoms. The number of halogens is 1. The number of aromatic nitrogens is 2. The number of hydrogen-bond acceptors (Lipinski definition) is 4. The van der Waals surface area contributed by atoms with E-state index in [-0.39, 0.29) is 12.3 Å². The highest BCUT2D eigenvalue weighted by molar-refractivity contribution is 7.16. The van der Waals surface area contributed by atoms with Crippen molar-refractivity contribution in [2.45, 2.75) is 6.42 Å². The SMILES string of the molecule is O=C(Cc1ccc(Cl)s1)Nc1ncccn1. The van der Waals surface area contributed by atoms with Crippen LogP contribution in [0.1, 0.15) is 4.88 Å². The second-order valence-corrected chi connectivity index (χ2v) is 4.80. The molecule has 82 valence electrons. The minimum atomic E-state index is -0.148. The van der Waals surface area contributed by atoms with Crippen LogP contribution in [0.5, 0.6) is 0 Å². The minimum Gasteiger partial charge on any atom is -0.294 e. The number of amides is 1. The third-order valence-electron chi connectivity index (χ3n) is 1.78. The molecule has 0 atom stereocenters. The van der Waals surface area contributed by atoms with E-state index in [1.54, 1.807) is 24.5 Å². The Labute approximate surface area is 101 Å². The van der Waals surface area contributed by atoms with Gasteiger partial charge in [0, 0.05) is 17.3 Å². The normalized spacial score (nSPS) is 10.1. The van der Waals surface area contributed by atoms with Crippen LogP contribution in [0, 0.1) is 0 Å². The Morgan fingerprint density at radius 1 is 1.38 bits per heavy atom. The lowest BCUT2D eigenvalue weighted by Gasteiger charge is -2.00. The van der Waals surface area contributed by atoms with E-state index in [0.29, 0.717) is 10.3 Å². The molecule has 0 radical (unpaired) electrons. The third kappa shape index (κ3) is 3.01. The van der Waals surface area contributed by atoms with E-state index in [1.165, 1.54) is 11.3 Å². The zero-order valence-corrected chi connectivity index (χ0v) is 9.76. The van der Waals surface area contributed by atoms with Crippen molar-refractivity contribution in [3.05, 3.63) is 39.8 Å². The van der Waals surface area contributed by atoms with Gasteiger partial charge >= 0.3 is 0 Å². The molecule has 0 saturated carbocycles. The highest BCUT2D eigenvalue weighted by atomic mass is 35.5. The van der Waals surface area contributed by atoms with Crippen LogP contribution in [0.25, 0.3) is 0 Å². The predicted molar refractivity (Wildman–Crippen MR) is 63.7 cm³/mol. The number of thiophene rings is 1. The van der Waals surface area contributed by atoms with Crippen LogP contribution < -0.4 is 5.32 Å². The molecule has 0 fully saturated rings. The smallest absolute Gasteiger partial charge is 0.231 e. The molecule has 4 nitrogen and oxygen atoms in total. The zero-order chi connectivity index (χ0) is 11.4.